The van der Waals surface area contributed by atoms with Gasteiger partial charge in [-0.05, 0) is 30.7 Å². The Bertz CT molecular complexity index is 1170. The van der Waals surface area contributed by atoms with E-state index in [9.17, 15) is 14.4 Å². The van der Waals surface area contributed by atoms with E-state index in [4.69, 9.17) is 11.6 Å². The van der Waals surface area contributed by atoms with Crippen LogP contribution in [0.4, 0.5) is 11.4 Å². The summed E-state index contributed by atoms with van der Waals surface area (Å²) in [6.45, 7) is 0.603. The van der Waals surface area contributed by atoms with Gasteiger partial charge in [0.15, 0.2) is 0 Å². The first-order chi connectivity index (χ1) is 13.5. The standard InChI is InChI=1S/C21H18ClN3O3/c1-24-12-16(14-5-2-3-6-15(14)21(24)28)20(27)23-17-11-13(22)8-9-18(17)25-10-4-7-19(25)26/h2-3,5-6,8-9,11-12H,4,7,10H2,1H3,(H,23,27). The number of aryl methyl sites for hydroxylation is 1. The van der Waals surface area contributed by atoms with Crippen LogP contribution >= 0.6 is 11.6 Å². The summed E-state index contributed by atoms with van der Waals surface area (Å²) in [5.41, 5.74) is 1.29. The van der Waals surface area contributed by atoms with Crippen molar-refractivity contribution in [1.82, 2.24) is 4.57 Å². The van der Waals surface area contributed by atoms with E-state index >= 15 is 0 Å². The number of nitrogens with zero attached hydrogens (tertiary/aromatic N) is 2. The lowest BCUT2D eigenvalue weighted by atomic mass is 10.1. The maximum absolute atomic E-state index is 13.1. The van der Waals surface area contributed by atoms with Crippen molar-refractivity contribution in [2.75, 3.05) is 16.8 Å². The van der Waals surface area contributed by atoms with Crippen LogP contribution in [-0.4, -0.2) is 22.9 Å². The quantitative estimate of drug-likeness (QED) is 0.736. The molecule has 0 unspecified atom stereocenters. The van der Waals surface area contributed by atoms with Gasteiger partial charge in [-0.1, -0.05) is 29.8 Å². The zero-order valence-corrected chi connectivity index (χ0v) is 16.0. The molecule has 1 saturated heterocycles. The van der Waals surface area contributed by atoms with E-state index in [-0.39, 0.29) is 17.4 Å². The molecular weight excluding hydrogens is 378 g/mol. The van der Waals surface area contributed by atoms with E-state index < -0.39 is 0 Å². The first kappa shape index (κ1) is 18.3. The summed E-state index contributed by atoms with van der Waals surface area (Å²) in [7, 11) is 1.61. The first-order valence-electron chi connectivity index (χ1n) is 8.95. The number of anilines is 2. The molecule has 6 nitrogen and oxygen atoms in total. The maximum atomic E-state index is 13.1. The molecule has 1 aliphatic rings. The first-order valence-corrected chi connectivity index (χ1v) is 9.33. The second kappa shape index (κ2) is 7.13. The zero-order valence-electron chi connectivity index (χ0n) is 15.2. The molecule has 28 heavy (non-hydrogen) atoms. The second-order valence-corrected chi connectivity index (χ2v) is 7.21. The summed E-state index contributed by atoms with van der Waals surface area (Å²) < 4.78 is 1.39. The minimum Gasteiger partial charge on any atom is -0.320 e. The van der Waals surface area contributed by atoms with E-state index in [1.54, 1.807) is 54.4 Å². The number of hydrogen-bond acceptors (Lipinski definition) is 3. The number of halogens is 1. The molecule has 1 aromatic heterocycles. The third-order valence-corrected chi connectivity index (χ3v) is 5.14. The third kappa shape index (κ3) is 3.16. The highest BCUT2D eigenvalue weighted by Crippen LogP contribution is 2.32. The number of benzene rings is 2. The Labute approximate surface area is 166 Å². The van der Waals surface area contributed by atoms with Crippen molar-refractivity contribution in [1.29, 1.82) is 0 Å². The van der Waals surface area contributed by atoms with Crippen LogP contribution in [0.2, 0.25) is 5.02 Å². The van der Waals surface area contributed by atoms with Crippen molar-refractivity contribution in [3.05, 3.63) is 69.6 Å². The predicted octanol–water partition coefficient (Wildman–Crippen LogP) is 3.57. The van der Waals surface area contributed by atoms with Gasteiger partial charge in [0.05, 0.1) is 16.9 Å². The molecule has 142 valence electrons. The molecule has 2 amide bonds. The van der Waals surface area contributed by atoms with Crippen molar-refractivity contribution in [3.63, 3.8) is 0 Å². The number of fused-ring (bicyclic) bond motifs is 1. The summed E-state index contributed by atoms with van der Waals surface area (Å²) in [6.07, 6.45) is 2.78. The van der Waals surface area contributed by atoms with Gasteiger partial charge in [0, 0.05) is 42.0 Å². The Hall–Kier alpha value is -3.12. The SMILES string of the molecule is Cn1cc(C(=O)Nc2cc(Cl)ccc2N2CCCC2=O)c2ccccc2c1=O. The van der Waals surface area contributed by atoms with Gasteiger partial charge < -0.3 is 14.8 Å². The van der Waals surface area contributed by atoms with Crippen LogP contribution in [0.3, 0.4) is 0 Å². The fourth-order valence-corrected chi connectivity index (χ4v) is 3.71. The molecule has 0 atom stereocenters. The lowest BCUT2D eigenvalue weighted by Crippen LogP contribution is -2.26. The number of aromatic nitrogens is 1. The van der Waals surface area contributed by atoms with Crippen molar-refractivity contribution in [3.8, 4) is 0 Å². The Morgan fingerprint density at radius 3 is 2.57 bits per heavy atom. The highest BCUT2D eigenvalue weighted by Gasteiger charge is 2.25. The van der Waals surface area contributed by atoms with Gasteiger partial charge in [0.2, 0.25) is 5.91 Å². The molecule has 2 heterocycles. The topological polar surface area (TPSA) is 71.4 Å². The van der Waals surface area contributed by atoms with Crippen LogP contribution in [0.25, 0.3) is 10.8 Å². The minimum absolute atomic E-state index is 0.0189. The largest absolute Gasteiger partial charge is 0.320 e. The molecule has 7 heteroatoms. The van der Waals surface area contributed by atoms with Gasteiger partial charge in [0.1, 0.15) is 0 Å². The van der Waals surface area contributed by atoms with Gasteiger partial charge in [-0.2, -0.15) is 0 Å². The monoisotopic (exact) mass is 395 g/mol. The predicted molar refractivity (Wildman–Crippen MR) is 110 cm³/mol. The number of hydrogen-bond donors (Lipinski definition) is 1. The molecule has 1 fully saturated rings. The molecule has 0 saturated carbocycles. The Balaban J connectivity index is 1.77. The molecule has 2 aromatic carbocycles. The van der Waals surface area contributed by atoms with Crippen LogP contribution in [0, 0.1) is 0 Å². The van der Waals surface area contributed by atoms with Crippen molar-refractivity contribution in [2.24, 2.45) is 7.05 Å². The molecule has 0 bridgehead atoms. The zero-order chi connectivity index (χ0) is 19.8. The summed E-state index contributed by atoms with van der Waals surface area (Å²) in [5, 5.41) is 4.37. The molecule has 0 aliphatic carbocycles. The molecule has 1 aliphatic heterocycles. The smallest absolute Gasteiger partial charge is 0.258 e. The van der Waals surface area contributed by atoms with Crippen LogP contribution in [0.15, 0.2) is 53.5 Å². The lowest BCUT2D eigenvalue weighted by molar-refractivity contribution is -0.117. The normalized spacial score (nSPS) is 13.9. The van der Waals surface area contributed by atoms with Crippen LogP contribution in [-0.2, 0) is 11.8 Å². The van der Waals surface area contributed by atoms with E-state index in [0.717, 1.165) is 6.42 Å². The number of rotatable bonds is 3. The van der Waals surface area contributed by atoms with Gasteiger partial charge >= 0.3 is 0 Å². The lowest BCUT2D eigenvalue weighted by Gasteiger charge is -2.20. The molecule has 4 rings (SSSR count). The highest BCUT2D eigenvalue weighted by atomic mass is 35.5. The van der Waals surface area contributed by atoms with E-state index in [1.807, 2.05) is 0 Å². The number of amides is 2. The fourth-order valence-electron chi connectivity index (χ4n) is 3.53. The Morgan fingerprint density at radius 1 is 1.11 bits per heavy atom. The number of carbonyl (C=O) groups excluding carboxylic acids is 2. The highest BCUT2D eigenvalue weighted by molar-refractivity contribution is 6.31. The molecular formula is C21H18ClN3O3. The number of pyridine rings is 1. The van der Waals surface area contributed by atoms with Crippen molar-refractivity contribution < 1.29 is 9.59 Å². The van der Waals surface area contributed by atoms with Gasteiger partial charge in [-0.15, -0.1) is 0 Å². The van der Waals surface area contributed by atoms with Gasteiger partial charge in [-0.3, -0.25) is 14.4 Å². The average molecular weight is 396 g/mol. The summed E-state index contributed by atoms with van der Waals surface area (Å²) >= 11 is 6.13. The molecule has 3 aromatic rings. The Morgan fingerprint density at radius 2 is 1.86 bits per heavy atom. The van der Waals surface area contributed by atoms with Gasteiger partial charge in [-0.25, -0.2) is 0 Å². The van der Waals surface area contributed by atoms with Crippen LogP contribution in [0.1, 0.15) is 23.2 Å². The second-order valence-electron chi connectivity index (χ2n) is 6.77. The molecule has 0 radical (unpaired) electrons. The van der Waals surface area contributed by atoms with E-state index in [2.05, 4.69) is 5.32 Å². The fraction of sp³-hybridized carbons (Fsp3) is 0.190. The Kier molecular flexibility index (Phi) is 4.65. The van der Waals surface area contributed by atoms with E-state index in [1.165, 1.54) is 10.8 Å². The summed E-state index contributed by atoms with van der Waals surface area (Å²) in [6, 6.07) is 12.0. The molecule has 0 spiro atoms. The van der Waals surface area contributed by atoms with E-state index in [0.29, 0.717) is 45.7 Å². The minimum atomic E-state index is -0.373. The number of nitrogens with one attached hydrogen (secondary N) is 1. The third-order valence-electron chi connectivity index (χ3n) is 4.91. The van der Waals surface area contributed by atoms with Gasteiger partial charge in [0.25, 0.3) is 11.5 Å². The van der Waals surface area contributed by atoms with Crippen molar-refractivity contribution in [2.45, 2.75) is 12.8 Å². The van der Waals surface area contributed by atoms with Crippen LogP contribution in [0.5, 0.6) is 0 Å². The van der Waals surface area contributed by atoms with Crippen LogP contribution < -0.4 is 15.8 Å². The average Bonchev–Trinajstić information content (AvgIpc) is 3.10. The maximum Gasteiger partial charge on any atom is 0.258 e. The van der Waals surface area contributed by atoms with Crippen molar-refractivity contribution >= 4 is 45.6 Å². The number of carbonyl (C=O) groups is 2. The summed E-state index contributed by atoms with van der Waals surface area (Å²) in [4.78, 5) is 39.2. The molecule has 1 N–H and O–H groups in total. The summed E-state index contributed by atoms with van der Waals surface area (Å²) in [5.74, 6) is -0.354.